The fraction of sp³-hybridized carbons (Fsp3) is 0.125. The van der Waals surface area contributed by atoms with Gasteiger partial charge in [0.1, 0.15) is 17.2 Å². The van der Waals surface area contributed by atoms with E-state index in [0.717, 1.165) is 0 Å². The number of carbonyl (C=O) groups excluding carboxylic acids is 1. The SMILES string of the molecule is COc1cc(/C=N/NC(=O)c2cc(Cl)ccc2O)cc(OC)c1. The van der Waals surface area contributed by atoms with Gasteiger partial charge in [-0.2, -0.15) is 5.10 Å². The van der Waals surface area contributed by atoms with E-state index >= 15 is 0 Å². The number of methoxy groups -OCH3 is 2. The Labute approximate surface area is 138 Å². The highest BCUT2D eigenvalue weighted by molar-refractivity contribution is 6.31. The van der Waals surface area contributed by atoms with Gasteiger partial charge in [-0.05, 0) is 30.3 Å². The third-order valence-corrected chi connectivity index (χ3v) is 3.19. The quantitative estimate of drug-likeness (QED) is 0.651. The standard InChI is InChI=1S/C16H15ClN2O4/c1-22-12-5-10(6-13(8-12)23-2)9-18-19-16(21)14-7-11(17)3-4-15(14)20/h3-9,20H,1-2H3,(H,19,21)/b18-9+. The van der Waals surface area contributed by atoms with E-state index in [1.165, 1.54) is 24.4 Å². The molecule has 120 valence electrons. The predicted octanol–water partition coefficient (Wildman–Crippen LogP) is 2.83. The van der Waals surface area contributed by atoms with E-state index in [4.69, 9.17) is 21.1 Å². The molecule has 0 saturated heterocycles. The van der Waals surface area contributed by atoms with Gasteiger partial charge in [-0.3, -0.25) is 4.79 Å². The Balaban J connectivity index is 2.12. The fourth-order valence-corrected chi connectivity index (χ4v) is 1.99. The first-order valence-corrected chi connectivity index (χ1v) is 6.96. The molecule has 1 amide bonds. The molecule has 6 nitrogen and oxygen atoms in total. The number of hydrogen-bond acceptors (Lipinski definition) is 5. The first-order valence-electron chi connectivity index (χ1n) is 6.58. The van der Waals surface area contributed by atoms with Crippen molar-refractivity contribution in [2.75, 3.05) is 14.2 Å². The van der Waals surface area contributed by atoms with Gasteiger partial charge in [0.2, 0.25) is 0 Å². The van der Waals surface area contributed by atoms with Crippen LogP contribution in [0.15, 0.2) is 41.5 Å². The summed E-state index contributed by atoms with van der Waals surface area (Å²) in [6, 6.07) is 9.37. The van der Waals surface area contributed by atoms with Crippen molar-refractivity contribution < 1.29 is 19.4 Å². The topological polar surface area (TPSA) is 80.2 Å². The van der Waals surface area contributed by atoms with E-state index in [-0.39, 0.29) is 11.3 Å². The van der Waals surface area contributed by atoms with Crippen molar-refractivity contribution in [1.29, 1.82) is 0 Å². The smallest absolute Gasteiger partial charge is 0.275 e. The maximum Gasteiger partial charge on any atom is 0.275 e. The second-order valence-corrected chi connectivity index (χ2v) is 4.94. The minimum atomic E-state index is -0.573. The first-order chi connectivity index (χ1) is 11.0. The Morgan fingerprint density at radius 3 is 2.43 bits per heavy atom. The lowest BCUT2D eigenvalue weighted by Gasteiger charge is -2.06. The van der Waals surface area contributed by atoms with Gasteiger partial charge < -0.3 is 14.6 Å². The average Bonchev–Trinajstić information content (AvgIpc) is 2.56. The zero-order valence-corrected chi connectivity index (χ0v) is 13.3. The Morgan fingerprint density at radius 1 is 1.17 bits per heavy atom. The summed E-state index contributed by atoms with van der Waals surface area (Å²) in [6.07, 6.45) is 1.44. The molecule has 0 radical (unpaired) electrons. The number of carbonyl (C=O) groups is 1. The van der Waals surface area contributed by atoms with Gasteiger partial charge in [0.15, 0.2) is 0 Å². The van der Waals surface area contributed by atoms with Crippen LogP contribution in [0.4, 0.5) is 0 Å². The molecular weight excluding hydrogens is 320 g/mol. The second-order valence-electron chi connectivity index (χ2n) is 4.51. The van der Waals surface area contributed by atoms with E-state index in [1.807, 2.05) is 0 Å². The van der Waals surface area contributed by atoms with E-state index < -0.39 is 5.91 Å². The molecule has 7 heteroatoms. The number of phenols is 1. The van der Waals surface area contributed by atoms with Crippen LogP contribution in [0.25, 0.3) is 0 Å². The summed E-state index contributed by atoms with van der Waals surface area (Å²) in [5.74, 6) is 0.454. The zero-order chi connectivity index (χ0) is 16.8. The number of aromatic hydroxyl groups is 1. The maximum atomic E-state index is 12.0. The lowest BCUT2D eigenvalue weighted by atomic mass is 10.2. The van der Waals surface area contributed by atoms with Crippen LogP contribution in [0.3, 0.4) is 0 Å². The summed E-state index contributed by atoms with van der Waals surface area (Å²) in [5.41, 5.74) is 3.04. The van der Waals surface area contributed by atoms with Gasteiger partial charge >= 0.3 is 0 Å². The molecule has 0 atom stereocenters. The number of benzene rings is 2. The fourth-order valence-electron chi connectivity index (χ4n) is 1.82. The van der Waals surface area contributed by atoms with E-state index in [9.17, 15) is 9.90 Å². The summed E-state index contributed by atoms with van der Waals surface area (Å²) in [5, 5.41) is 13.8. The molecule has 0 aromatic heterocycles. The average molecular weight is 335 g/mol. The van der Waals surface area contributed by atoms with Crippen molar-refractivity contribution in [3.8, 4) is 17.2 Å². The molecule has 23 heavy (non-hydrogen) atoms. The van der Waals surface area contributed by atoms with Gasteiger partial charge in [-0.15, -0.1) is 0 Å². The van der Waals surface area contributed by atoms with E-state index in [1.54, 1.807) is 32.4 Å². The number of hydrazone groups is 1. The molecule has 0 bridgehead atoms. The number of ether oxygens (including phenoxy) is 2. The summed E-state index contributed by atoms with van der Waals surface area (Å²) in [4.78, 5) is 12.0. The molecule has 0 spiro atoms. The minimum absolute atomic E-state index is 0.0397. The highest BCUT2D eigenvalue weighted by Crippen LogP contribution is 2.22. The number of phenolic OH excluding ortho intramolecular Hbond substituents is 1. The highest BCUT2D eigenvalue weighted by Gasteiger charge is 2.10. The Hall–Kier alpha value is -2.73. The van der Waals surface area contributed by atoms with Gasteiger partial charge in [0.25, 0.3) is 5.91 Å². The van der Waals surface area contributed by atoms with Gasteiger partial charge in [-0.1, -0.05) is 11.6 Å². The lowest BCUT2D eigenvalue weighted by molar-refractivity contribution is 0.0952. The van der Waals surface area contributed by atoms with Crippen molar-refractivity contribution in [2.45, 2.75) is 0 Å². The third-order valence-electron chi connectivity index (χ3n) is 2.96. The maximum absolute atomic E-state index is 12.0. The van der Waals surface area contributed by atoms with Crippen LogP contribution in [-0.4, -0.2) is 31.4 Å². The van der Waals surface area contributed by atoms with Crippen LogP contribution < -0.4 is 14.9 Å². The lowest BCUT2D eigenvalue weighted by Crippen LogP contribution is -2.17. The van der Waals surface area contributed by atoms with Crippen LogP contribution >= 0.6 is 11.6 Å². The molecule has 0 aliphatic carbocycles. The van der Waals surface area contributed by atoms with Gasteiger partial charge in [0, 0.05) is 16.7 Å². The predicted molar refractivity (Wildman–Crippen MR) is 87.7 cm³/mol. The molecular formula is C16H15ClN2O4. The second kappa shape index (κ2) is 7.51. The van der Waals surface area contributed by atoms with Crippen molar-refractivity contribution >= 4 is 23.7 Å². The molecule has 2 rings (SSSR count). The Kier molecular flexibility index (Phi) is 5.43. The number of rotatable bonds is 5. The monoisotopic (exact) mass is 334 g/mol. The van der Waals surface area contributed by atoms with Gasteiger partial charge in [-0.25, -0.2) is 5.43 Å². The number of nitrogens with zero attached hydrogens (tertiary/aromatic N) is 1. The minimum Gasteiger partial charge on any atom is -0.507 e. The van der Waals surface area contributed by atoms with Crippen molar-refractivity contribution in [1.82, 2.24) is 5.43 Å². The first kappa shape index (κ1) is 16.6. The van der Waals surface area contributed by atoms with E-state index in [0.29, 0.717) is 22.1 Å². The Morgan fingerprint density at radius 2 is 1.83 bits per heavy atom. The largest absolute Gasteiger partial charge is 0.507 e. The van der Waals surface area contributed by atoms with Crippen LogP contribution in [0.1, 0.15) is 15.9 Å². The molecule has 0 aliphatic heterocycles. The zero-order valence-electron chi connectivity index (χ0n) is 12.5. The molecule has 0 heterocycles. The van der Waals surface area contributed by atoms with Crippen molar-refractivity contribution in [3.05, 3.63) is 52.5 Å². The summed E-state index contributed by atoms with van der Waals surface area (Å²) >= 11 is 5.80. The van der Waals surface area contributed by atoms with Crippen LogP contribution in [0.5, 0.6) is 17.2 Å². The summed E-state index contributed by atoms with van der Waals surface area (Å²) in [7, 11) is 3.08. The summed E-state index contributed by atoms with van der Waals surface area (Å²) < 4.78 is 10.3. The van der Waals surface area contributed by atoms with Crippen molar-refractivity contribution in [2.24, 2.45) is 5.10 Å². The highest BCUT2D eigenvalue weighted by atomic mass is 35.5. The number of nitrogens with one attached hydrogen (secondary N) is 1. The van der Waals surface area contributed by atoms with E-state index in [2.05, 4.69) is 10.5 Å². The number of halogens is 1. The molecule has 0 saturated carbocycles. The van der Waals surface area contributed by atoms with Crippen LogP contribution in [0, 0.1) is 0 Å². The molecule has 2 N–H and O–H groups in total. The van der Waals surface area contributed by atoms with Crippen LogP contribution in [0.2, 0.25) is 5.02 Å². The van der Waals surface area contributed by atoms with Crippen molar-refractivity contribution in [3.63, 3.8) is 0 Å². The third kappa shape index (κ3) is 4.37. The Bertz CT molecular complexity index is 725. The normalized spacial score (nSPS) is 10.6. The molecule has 0 aliphatic rings. The number of hydrogen-bond donors (Lipinski definition) is 2. The molecule has 0 fully saturated rings. The summed E-state index contributed by atoms with van der Waals surface area (Å²) in [6.45, 7) is 0. The van der Waals surface area contributed by atoms with Gasteiger partial charge in [0.05, 0.1) is 26.0 Å². The molecule has 2 aromatic carbocycles. The molecule has 0 unspecified atom stereocenters. The molecule has 2 aromatic rings. The van der Waals surface area contributed by atoms with Crippen LogP contribution in [-0.2, 0) is 0 Å². The number of amides is 1.